The molecule has 1 aliphatic heterocycles. The van der Waals surface area contributed by atoms with Gasteiger partial charge in [0, 0.05) is 19.1 Å². The number of rotatable bonds is 8. The molecule has 178 valence electrons. The van der Waals surface area contributed by atoms with Gasteiger partial charge in [-0.3, -0.25) is 14.4 Å². The first-order valence-electron chi connectivity index (χ1n) is 11.3. The lowest BCUT2D eigenvalue weighted by molar-refractivity contribution is -0.192. The molecule has 0 amide bonds. The van der Waals surface area contributed by atoms with E-state index in [-0.39, 0.29) is 6.61 Å². The van der Waals surface area contributed by atoms with E-state index in [9.17, 15) is 9.59 Å². The van der Waals surface area contributed by atoms with E-state index < -0.39 is 41.5 Å². The molecule has 1 heterocycles. The summed E-state index contributed by atoms with van der Waals surface area (Å²) in [5.74, 6) is -2.49. The SMILES string of the molecule is CCOC(=O)C1CN(Cc2ccccc2)OC1C(C(=O)OC(C)(C)C)C(N)c1ccccc1. The standard InChI is InChI=1S/C26H34N2O5/c1-5-31-24(29)20-17-28(16-18-12-8-6-9-13-18)33-23(20)21(25(30)32-26(2,3)4)22(27)19-14-10-7-11-15-19/h6-15,20-23H,5,16-17,27H2,1-4H3. The second kappa shape index (κ2) is 10.9. The van der Waals surface area contributed by atoms with E-state index in [2.05, 4.69) is 0 Å². The number of esters is 2. The van der Waals surface area contributed by atoms with Crippen LogP contribution in [0.25, 0.3) is 0 Å². The molecule has 1 fully saturated rings. The van der Waals surface area contributed by atoms with Gasteiger partial charge >= 0.3 is 11.9 Å². The Bertz CT molecular complexity index is 913. The van der Waals surface area contributed by atoms with Crippen molar-refractivity contribution in [2.45, 2.75) is 52.0 Å². The van der Waals surface area contributed by atoms with Crippen molar-refractivity contribution in [2.24, 2.45) is 17.6 Å². The molecule has 7 heteroatoms. The molecule has 0 saturated carbocycles. The zero-order valence-corrected chi connectivity index (χ0v) is 19.8. The monoisotopic (exact) mass is 454 g/mol. The summed E-state index contributed by atoms with van der Waals surface area (Å²) in [5, 5.41) is 1.71. The smallest absolute Gasteiger partial charge is 0.314 e. The summed E-state index contributed by atoms with van der Waals surface area (Å²) in [6.07, 6.45) is -0.821. The van der Waals surface area contributed by atoms with Gasteiger partial charge < -0.3 is 15.2 Å². The predicted molar refractivity (Wildman–Crippen MR) is 125 cm³/mol. The summed E-state index contributed by atoms with van der Waals surface area (Å²) in [4.78, 5) is 32.5. The normalized spacial score (nSPS) is 20.8. The summed E-state index contributed by atoms with van der Waals surface area (Å²) in [6.45, 7) is 8.16. The molecule has 0 aliphatic carbocycles. The van der Waals surface area contributed by atoms with Gasteiger partial charge in [-0.05, 0) is 38.8 Å². The molecule has 0 spiro atoms. The molecule has 7 nitrogen and oxygen atoms in total. The van der Waals surface area contributed by atoms with E-state index >= 15 is 0 Å². The highest BCUT2D eigenvalue weighted by molar-refractivity contribution is 5.79. The van der Waals surface area contributed by atoms with Crippen LogP contribution in [0.3, 0.4) is 0 Å². The van der Waals surface area contributed by atoms with Gasteiger partial charge in [-0.25, -0.2) is 0 Å². The van der Waals surface area contributed by atoms with Crippen molar-refractivity contribution in [3.05, 3.63) is 71.8 Å². The van der Waals surface area contributed by atoms with Gasteiger partial charge in [0.1, 0.15) is 23.5 Å². The number of benzene rings is 2. The van der Waals surface area contributed by atoms with Crippen LogP contribution in [0.4, 0.5) is 0 Å². The number of carbonyl (C=O) groups is 2. The summed E-state index contributed by atoms with van der Waals surface area (Å²) in [6, 6.07) is 18.4. The van der Waals surface area contributed by atoms with Crippen molar-refractivity contribution in [1.82, 2.24) is 5.06 Å². The van der Waals surface area contributed by atoms with Crippen molar-refractivity contribution in [1.29, 1.82) is 0 Å². The lowest BCUT2D eigenvalue weighted by Gasteiger charge is -2.32. The summed E-state index contributed by atoms with van der Waals surface area (Å²) in [7, 11) is 0. The fourth-order valence-electron chi connectivity index (χ4n) is 4.01. The maximum absolute atomic E-state index is 13.4. The maximum Gasteiger partial charge on any atom is 0.314 e. The molecule has 2 aromatic rings. The van der Waals surface area contributed by atoms with E-state index in [1.165, 1.54) is 0 Å². The minimum Gasteiger partial charge on any atom is -0.466 e. The van der Waals surface area contributed by atoms with Crippen LogP contribution < -0.4 is 5.73 Å². The topological polar surface area (TPSA) is 91.1 Å². The molecule has 3 rings (SSSR count). The second-order valence-corrected chi connectivity index (χ2v) is 9.23. The molecule has 1 saturated heterocycles. The van der Waals surface area contributed by atoms with E-state index in [0.29, 0.717) is 13.1 Å². The Hall–Kier alpha value is -2.74. The summed E-state index contributed by atoms with van der Waals surface area (Å²) < 4.78 is 11.1. The highest BCUT2D eigenvalue weighted by Gasteiger charge is 2.50. The largest absolute Gasteiger partial charge is 0.466 e. The number of hydroxylamine groups is 2. The highest BCUT2D eigenvalue weighted by atomic mass is 16.7. The van der Waals surface area contributed by atoms with Gasteiger partial charge in [-0.2, -0.15) is 5.06 Å². The van der Waals surface area contributed by atoms with Crippen LogP contribution in [-0.4, -0.2) is 41.9 Å². The van der Waals surface area contributed by atoms with Crippen molar-refractivity contribution in [3.8, 4) is 0 Å². The van der Waals surface area contributed by atoms with Crippen molar-refractivity contribution in [3.63, 3.8) is 0 Å². The van der Waals surface area contributed by atoms with E-state index in [4.69, 9.17) is 20.0 Å². The second-order valence-electron chi connectivity index (χ2n) is 9.23. The molecule has 33 heavy (non-hydrogen) atoms. The third kappa shape index (κ3) is 6.63. The highest BCUT2D eigenvalue weighted by Crippen LogP contribution is 2.36. The lowest BCUT2D eigenvalue weighted by Crippen LogP contribution is -2.45. The van der Waals surface area contributed by atoms with Gasteiger partial charge in [0.05, 0.1) is 6.61 Å². The maximum atomic E-state index is 13.4. The van der Waals surface area contributed by atoms with E-state index in [1.54, 1.807) is 32.8 Å². The molecule has 0 radical (unpaired) electrons. The van der Waals surface area contributed by atoms with Crippen LogP contribution in [0.5, 0.6) is 0 Å². The third-order valence-corrected chi connectivity index (χ3v) is 5.46. The van der Waals surface area contributed by atoms with E-state index in [1.807, 2.05) is 60.7 Å². The summed E-state index contributed by atoms with van der Waals surface area (Å²) >= 11 is 0. The molecule has 4 unspecified atom stereocenters. The Balaban J connectivity index is 1.94. The quantitative estimate of drug-likeness (QED) is 0.609. The molecule has 0 bridgehead atoms. The van der Waals surface area contributed by atoms with E-state index in [0.717, 1.165) is 11.1 Å². The minimum absolute atomic E-state index is 0.239. The molecule has 0 aromatic heterocycles. The average molecular weight is 455 g/mol. The zero-order chi connectivity index (χ0) is 24.0. The molecule has 1 aliphatic rings. The van der Waals surface area contributed by atoms with Crippen LogP contribution >= 0.6 is 0 Å². The number of ether oxygens (including phenoxy) is 2. The van der Waals surface area contributed by atoms with Crippen LogP contribution in [-0.2, 0) is 30.4 Å². The number of nitrogens with two attached hydrogens (primary N) is 1. The fraction of sp³-hybridized carbons (Fsp3) is 0.462. The predicted octanol–water partition coefficient (Wildman–Crippen LogP) is 3.64. The Morgan fingerprint density at radius 3 is 2.27 bits per heavy atom. The van der Waals surface area contributed by atoms with Crippen molar-refractivity contribution < 1.29 is 23.9 Å². The van der Waals surface area contributed by atoms with Crippen molar-refractivity contribution >= 4 is 11.9 Å². The fourth-order valence-corrected chi connectivity index (χ4v) is 4.01. The zero-order valence-electron chi connectivity index (χ0n) is 19.8. The van der Waals surface area contributed by atoms with Gasteiger partial charge in [0.15, 0.2) is 0 Å². The van der Waals surface area contributed by atoms with Crippen LogP contribution in [0.15, 0.2) is 60.7 Å². The first kappa shape index (κ1) is 24.9. The number of hydrogen-bond donors (Lipinski definition) is 1. The van der Waals surface area contributed by atoms with Crippen LogP contribution in [0, 0.1) is 11.8 Å². The summed E-state index contributed by atoms with van der Waals surface area (Å²) in [5.41, 5.74) is 7.70. The van der Waals surface area contributed by atoms with Crippen molar-refractivity contribution in [2.75, 3.05) is 13.2 Å². The number of hydrogen-bond acceptors (Lipinski definition) is 7. The molecular formula is C26H34N2O5. The number of carbonyl (C=O) groups excluding carboxylic acids is 2. The number of nitrogens with zero attached hydrogens (tertiary/aromatic N) is 1. The third-order valence-electron chi connectivity index (χ3n) is 5.46. The average Bonchev–Trinajstić information content (AvgIpc) is 3.17. The first-order chi connectivity index (χ1) is 15.7. The lowest BCUT2D eigenvalue weighted by atomic mass is 9.83. The van der Waals surface area contributed by atoms with Gasteiger partial charge in [0.2, 0.25) is 0 Å². The minimum atomic E-state index is -0.901. The van der Waals surface area contributed by atoms with Crippen LogP contribution in [0.2, 0.25) is 0 Å². The molecular weight excluding hydrogens is 420 g/mol. The van der Waals surface area contributed by atoms with Gasteiger partial charge in [-0.15, -0.1) is 0 Å². The Morgan fingerprint density at radius 1 is 1.09 bits per heavy atom. The van der Waals surface area contributed by atoms with Gasteiger partial charge in [0.25, 0.3) is 0 Å². The Kier molecular flexibility index (Phi) is 8.24. The Morgan fingerprint density at radius 2 is 1.70 bits per heavy atom. The first-order valence-corrected chi connectivity index (χ1v) is 11.3. The van der Waals surface area contributed by atoms with Gasteiger partial charge in [-0.1, -0.05) is 60.7 Å². The molecule has 2 N–H and O–H groups in total. The van der Waals surface area contributed by atoms with Crippen LogP contribution in [0.1, 0.15) is 44.9 Å². The Labute approximate surface area is 195 Å². The molecule has 4 atom stereocenters. The molecule has 2 aromatic carbocycles.